The van der Waals surface area contributed by atoms with Gasteiger partial charge in [0.15, 0.2) is 0 Å². The van der Waals surface area contributed by atoms with Gasteiger partial charge in [0.05, 0.1) is 12.7 Å². The highest BCUT2D eigenvalue weighted by Gasteiger charge is 2.11. The molecule has 2 aromatic heterocycles. The van der Waals surface area contributed by atoms with Crippen molar-refractivity contribution in [1.29, 1.82) is 0 Å². The highest BCUT2D eigenvalue weighted by molar-refractivity contribution is 6.29. The molecule has 6 heteroatoms. The Bertz CT molecular complexity index is 484. The van der Waals surface area contributed by atoms with Gasteiger partial charge in [0.25, 0.3) is 0 Å². The number of aromatic nitrogens is 2. The Labute approximate surface area is 90.8 Å². The van der Waals surface area contributed by atoms with E-state index in [9.17, 15) is 0 Å². The van der Waals surface area contributed by atoms with Gasteiger partial charge in [0.1, 0.15) is 10.8 Å². The minimum absolute atomic E-state index is 0.238. The summed E-state index contributed by atoms with van der Waals surface area (Å²) in [7, 11) is 1.51. The highest BCUT2D eigenvalue weighted by Crippen LogP contribution is 2.29. The van der Waals surface area contributed by atoms with Gasteiger partial charge in [-0.2, -0.15) is 0 Å². The van der Waals surface area contributed by atoms with Crippen molar-refractivity contribution in [3.8, 4) is 17.1 Å². The van der Waals surface area contributed by atoms with E-state index < -0.39 is 0 Å². The second-order valence-corrected chi connectivity index (χ2v) is 3.19. The highest BCUT2D eigenvalue weighted by atomic mass is 35.5. The predicted octanol–water partition coefficient (Wildman–Crippen LogP) is 1.98. The maximum Gasteiger partial charge on any atom is 0.224 e. The minimum atomic E-state index is 0.238. The number of pyridine rings is 1. The van der Waals surface area contributed by atoms with Crippen molar-refractivity contribution in [2.45, 2.75) is 0 Å². The molecule has 5 nitrogen and oxygen atoms in total. The normalized spacial score (nSPS) is 10.3. The third kappa shape index (κ3) is 1.87. The summed E-state index contributed by atoms with van der Waals surface area (Å²) in [4.78, 5) is 4.00. The summed E-state index contributed by atoms with van der Waals surface area (Å²) in [5, 5.41) is 4.11. The molecule has 0 spiro atoms. The Kier molecular flexibility index (Phi) is 2.47. The fourth-order valence-electron chi connectivity index (χ4n) is 1.18. The van der Waals surface area contributed by atoms with E-state index in [0.717, 1.165) is 0 Å². The van der Waals surface area contributed by atoms with Crippen LogP contribution in [0.4, 0.5) is 5.88 Å². The van der Waals surface area contributed by atoms with Gasteiger partial charge in [-0.05, 0) is 12.1 Å². The maximum absolute atomic E-state index is 5.73. The van der Waals surface area contributed by atoms with Crippen LogP contribution in [0.1, 0.15) is 0 Å². The van der Waals surface area contributed by atoms with Crippen molar-refractivity contribution in [2.24, 2.45) is 0 Å². The van der Waals surface area contributed by atoms with Crippen LogP contribution in [0.5, 0.6) is 5.88 Å². The number of anilines is 1. The van der Waals surface area contributed by atoms with Gasteiger partial charge in [-0.1, -0.05) is 16.8 Å². The van der Waals surface area contributed by atoms with Crippen LogP contribution in [-0.4, -0.2) is 17.3 Å². The molecule has 0 amide bonds. The molecule has 0 aliphatic rings. The standard InChI is InChI=1S/C9H8ClN3O2/c1-14-9-5(2-3-7(10)12-9)6-4-8(11)15-13-6/h2-4H,11H2,1H3. The molecule has 0 aliphatic carbocycles. The molecular formula is C9H8ClN3O2. The maximum atomic E-state index is 5.73. The second kappa shape index (κ2) is 3.78. The van der Waals surface area contributed by atoms with Crippen molar-refractivity contribution >= 4 is 17.5 Å². The van der Waals surface area contributed by atoms with E-state index in [1.165, 1.54) is 7.11 Å². The topological polar surface area (TPSA) is 74.2 Å². The molecule has 0 aliphatic heterocycles. The third-order valence-electron chi connectivity index (χ3n) is 1.82. The molecule has 0 aromatic carbocycles. The van der Waals surface area contributed by atoms with Gasteiger partial charge in [-0.15, -0.1) is 0 Å². The van der Waals surface area contributed by atoms with Crippen LogP contribution in [-0.2, 0) is 0 Å². The lowest BCUT2D eigenvalue weighted by atomic mass is 10.2. The fourth-order valence-corrected chi connectivity index (χ4v) is 1.32. The number of nitrogens with two attached hydrogens (primary N) is 1. The average Bonchev–Trinajstić information content (AvgIpc) is 2.64. The van der Waals surface area contributed by atoms with Gasteiger partial charge in [-0.25, -0.2) is 4.98 Å². The van der Waals surface area contributed by atoms with Crippen LogP contribution >= 0.6 is 11.6 Å². The number of hydrogen-bond acceptors (Lipinski definition) is 5. The Morgan fingerprint density at radius 3 is 2.87 bits per heavy atom. The van der Waals surface area contributed by atoms with Gasteiger partial charge in [-0.3, -0.25) is 0 Å². The van der Waals surface area contributed by atoms with Crippen LogP contribution in [0.2, 0.25) is 5.15 Å². The molecular weight excluding hydrogens is 218 g/mol. The Morgan fingerprint density at radius 2 is 2.27 bits per heavy atom. The van der Waals surface area contributed by atoms with Crippen LogP contribution in [0.15, 0.2) is 22.7 Å². The van der Waals surface area contributed by atoms with E-state index in [1.807, 2.05) is 0 Å². The zero-order valence-corrected chi connectivity index (χ0v) is 8.65. The molecule has 2 heterocycles. The number of nitrogens with zero attached hydrogens (tertiary/aromatic N) is 2. The fraction of sp³-hybridized carbons (Fsp3) is 0.111. The van der Waals surface area contributed by atoms with E-state index in [2.05, 4.69) is 10.1 Å². The smallest absolute Gasteiger partial charge is 0.224 e. The van der Waals surface area contributed by atoms with Crippen molar-refractivity contribution in [1.82, 2.24) is 10.1 Å². The monoisotopic (exact) mass is 225 g/mol. The molecule has 0 atom stereocenters. The molecule has 0 bridgehead atoms. The first-order valence-corrected chi connectivity index (χ1v) is 4.51. The number of rotatable bonds is 2. The molecule has 0 radical (unpaired) electrons. The van der Waals surface area contributed by atoms with Crippen molar-refractivity contribution in [2.75, 3.05) is 12.8 Å². The van der Waals surface area contributed by atoms with E-state index in [-0.39, 0.29) is 5.88 Å². The van der Waals surface area contributed by atoms with Gasteiger partial charge < -0.3 is 15.0 Å². The number of halogens is 1. The summed E-state index contributed by atoms with van der Waals surface area (Å²) < 4.78 is 9.83. The lowest BCUT2D eigenvalue weighted by molar-refractivity contribution is 0.398. The van der Waals surface area contributed by atoms with E-state index in [1.54, 1.807) is 18.2 Å². The second-order valence-electron chi connectivity index (χ2n) is 2.81. The minimum Gasteiger partial charge on any atom is -0.480 e. The van der Waals surface area contributed by atoms with Crippen molar-refractivity contribution in [3.05, 3.63) is 23.4 Å². The molecule has 2 N–H and O–H groups in total. The first kappa shape index (κ1) is 9.79. The van der Waals surface area contributed by atoms with Crippen LogP contribution in [0.25, 0.3) is 11.3 Å². The summed E-state index contributed by atoms with van der Waals surface area (Å²) in [6.45, 7) is 0. The van der Waals surface area contributed by atoms with Crippen LogP contribution in [0.3, 0.4) is 0 Å². The Balaban J connectivity index is 2.52. The molecule has 0 saturated carbocycles. The quantitative estimate of drug-likeness (QED) is 0.791. The first-order chi connectivity index (χ1) is 7.20. The molecule has 0 saturated heterocycles. The van der Waals surface area contributed by atoms with Crippen LogP contribution in [0, 0.1) is 0 Å². The lowest BCUT2D eigenvalue weighted by Gasteiger charge is -2.03. The van der Waals surface area contributed by atoms with Crippen molar-refractivity contribution in [3.63, 3.8) is 0 Å². The summed E-state index contributed by atoms with van der Waals surface area (Å²) in [6.07, 6.45) is 0. The number of ether oxygens (including phenoxy) is 1. The number of hydrogen-bond donors (Lipinski definition) is 1. The number of methoxy groups -OCH3 is 1. The Hall–Kier alpha value is -1.75. The zero-order chi connectivity index (χ0) is 10.8. The summed E-state index contributed by atoms with van der Waals surface area (Å²) >= 11 is 5.73. The predicted molar refractivity (Wildman–Crippen MR) is 55.7 cm³/mol. The first-order valence-electron chi connectivity index (χ1n) is 4.14. The molecule has 15 heavy (non-hydrogen) atoms. The van der Waals surface area contributed by atoms with Crippen molar-refractivity contribution < 1.29 is 9.26 Å². The van der Waals surface area contributed by atoms with E-state index >= 15 is 0 Å². The summed E-state index contributed by atoms with van der Waals surface area (Å²) in [5.74, 6) is 0.623. The Morgan fingerprint density at radius 1 is 1.47 bits per heavy atom. The molecule has 78 valence electrons. The SMILES string of the molecule is COc1nc(Cl)ccc1-c1cc(N)on1. The van der Waals surface area contributed by atoms with E-state index in [0.29, 0.717) is 22.3 Å². The molecule has 2 rings (SSSR count). The summed E-state index contributed by atoms with van der Waals surface area (Å²) in [6, 6.07) is 4.98. The van der Waals surface area contributed by atoms with E-state index in [4.69, 9.17) is 26.6 Å². The molecule has 0 unspecified atom stereocenters. The van der Waals surface area contributed by atoms with Gasteiger partial charge >= 0.3 is 0 Å². The number of nitrogen functional groups attached to an aromatic ring is 1. The largest absolute Gasteiger partial charge is 0.480 e. The molecule has 2 aromatic rings. The van der Waals surface area contributed by atoms with Gasteiger partial charge in [0.2, 0.25) is 11.8 Å². The third-order valence-corrected chi connectivity index (χ3v) is 2.03. The summed E-state index contributed by atoms with van der Waals surface area (Å²) in [5.41, 5.74) is 6.67. The molecule has 0 fully saturated rings. The zero-order valence-electron chi connectivity index (χ0n) is 7.90. The lowest BCUT2D eigenvalue weighted by Crippen LogP contribution is -1.91. The van der Waals surface area contributed by atoms with Gasteiger partial charge in [0, 0.05) is 6.07 Å². The van der Waals surface area contributed by atoms with Crippen LogP contribution < -0.4 is 10.5 Å². The average molecular weight is 226 g/mol.